The van der Waals surface area contributed by atoms with Crippen molar-refractivity contribution >= 4 is 23.2 Å². The van der Waals surface area contributed by atoms with E-state index in [1.165, 1.54) is 0 Å². The van der Waals surface area contributed by atoms with Crippen LogP contribution in [0.1, 0.15) is 40.3 Å². The standard InChI is InChI=1S/C30H32N2O6S/c1-5-35-26(30(34)36-6-2)16-20-7-13-23(14-8-20)37-18-28-19(3)15-27(39-28)22-11-9-21(10-12-22)25-17-24(32-38-25)29(33)31-4/h7-15,17,26H,5-6,16,18H2,1-4H3,(H,31,33)/t26-/m0/s1. The Bertz CT molecular complexity index is 1390. The summed E-state index contributed by atoms with van der Waals surface area (Å²) >= 11 is 1.69. The third kappa shape index (κ3) is 7.13. The topological polar surface area (TPSA) is 99.9 Å². The summed E-state index contributed by atoms with van der Waals surface area (Å²) in [5.74, 6) is 0.665. The van der Waals surface area contributed by atoms with Crippen LogP contribution in [0.25, 0.3) is 21.8 Å². The largest absolute Gasteiger partial charge is 0.488 e. The summed E-state index contributed by atoms with van der Waals surface area (Å²) < 4.78 is 22.1. The molecule has 0 aliphatic carbocycles. The lowest BCUT2D eigenvalue weighted by Gasteiger charge is -2.15. The van der Waals surface area contributed by atoms with Gasteiger partial charge in [0.15, 0.2) is 17.6 Å². The number of benzene rings is 2. The number of amides is 1. The SMILES string of the molecule is CCOC(=O)[C@H](Cc1ccc(OCc2sc(-c3ccc(-c4cc(C(=O)NC)no4)cc3)cc2C)cc1)OCC. The molecule has 0 saturated heterocycles. The zero-order valence-corrected chi connectivity index (χ0v) is 23.3. The van der Waals surface area contributed by atoms with E-state index < -0.39 is 6.10 Å². The Labute approximate surface area is 231 Å². The van der Waals surface area contributed by atoms with Crippen LogP contribution in [0.2, 0.25) is 0 Å². The van der Waals surface area contributed by atoms with Crippen molar-refractivity contribution in [3.8, 4) is 27.5 Å². The van der Waals surface area contributed by atoms with Crippen molar-refractivity contribution in [2.45, 2.75) is 39.9 Å². The van der Waals surface area contributed by atoms with E-state index in [1.54, 1.807) is 31.4 Å². The van der Waals surface area contributed by atoms with E-state index in [4.69, 9.17) is 18.7 Å². The Morgan fingerprint density at radius 2 is 1.72 bits per heavy atom. The summed E-state index contributed by atoms with van der Waals surface area (Å²) in [4.78, 5) is 26.1. The molecule has 204 valence electrons. The number of nitrogens with one attached hydrogen (secondary N) is 1. The first-order chi connectivity index (χ1) is 18.9. The lowest BCUT2D eigenvalue weighted by molar-refractivity contribution is -0.156. The number of aryl methyl sites for hydroxylation is 1. The van der Waals surface area contributed by atoms with Crippen LogP contribution in [0.5, 0.6) is 5.75 Å². The average molecular weight is 549 g/mol. The molecule has 1 amide bonds. The highest BCUT2D eigenvalue weighted by atomic mass is 32.1. The Balaban J connectivity index is 1.37. The molecule has 4 aromatic rings. The lowest BCUT2D eigenvalue weighted by atomic mass is 10.1. The highest BCUT2D eigenvalue weighted by molar-refractivity contribution is 7.15. The molecule has 0 fully saturated rings. The first-order valence-electron chi connectivity index (χ1n) is 12.8. The van der Waals surface area contributed by atoms with E-state index in [1.807, 2.05) is 55.5 Å². The van der Waals surface area contributed by atoms with Crippen LogP contribution in [0.3, 0.4) is 0 Å². The van der Waals surface area contributed by atoms with Crippen LogP contribution < -0.4 is 10.1 Å². The molecule has 9 heteroatoms. The van der Waals surface area contributed by atoms with E-state index in [-0.39, 0.29) is 17.6 Å². The highest BCUT2D eigenvalue weighted by Crippen LogP contribution is 2.33. The Hall–Kier alpha value is -3.95. The summed E-state index contributed by atoms with van der Waals surface area (Å²) in [6.45, 7) is 6.95. The van der Waals surface area contributed by atoms with Gasteiger partial charge in [-0.05, 0) is 55.7 Å². The van der Waals surface area contributed by atoms with Crippen molar-refractivity contribution in [3.05, 3.63) is 82.4 Å². The predicted octanol–water partition coefficient (Wildman–Crippen LogP) is 5.83. The fourth-order valence-electron chi connectivity index (χ4n) is 3.98. The third-order valence-electron chi connectivity index (χ3n) is 6.08. The van der Waals surface area contributed by atoms with Gasteiger partial charge in [-0.1, -0.05) is 41.6 Å². The van der Waals surface area contributed by atoms with Crippen LogP contribution in [-0.4, -0.2) is 43.4 Å². The zero-order chi connectivity index (χ0) is 27.8. The summed E-state index contributed by atoms with van der Waals surface area (Å²) in [5, 5.41) is 6.36. The number of rotatable bonds is 12. The van der Waals surface area contributed by atoms with Gasteiger partial charge >= 0.3 is 5.97 Å². The van der Waals surface area contributed by atoms with Crippen LogP contribution in [0.4, 0.5) is 0 Å². The van der Waals surface area contributed by atoms with Gasteiger partial charge in [-0.2, -0.15) is 0 Å². The Morgan fingerprint density at radius 3 is 2.38 bits per heavy atom. The van der Waals surface area contributed by atoms with Gasteiger partial charge < -0.3 is 24.1 Å². The Morgan fingerprint density at radius 1 is 1.00 bits per heavy atom. The summed E-state index contributed by atoms with van der Waals surface area (Å²) in [6.07, 6.45) is -0.163. The lowest BCUT2D eigenvalue weighted by Crippen LogP contribution is -2.28. The van der Waals surface area contributed by atoms with E-state index in [0.29, 0.717) is 32.0 Å². The maximum atomic E-state index is 12.1. The highest BCUT2D eigenvalue weighted by Gasteiger charge is 2.20. The fourth-order valence-corrected chi connectivity index (χ4v) is 5.07. The predicted molar refractivity (Wildman–Crippen MR) is 150 cm³/mol. The number of nitrogens with zero attached hydrogens (tertiary/aromatic N) is 1. The molecule has 0 spiro atoms. The second-order valence-electron chi connectivity index (χ2n) is 8.78. The number of hydrogen-bond acceptors (Lipinski definition) is 8. The molecule has 2 aromatic heterocycles. The molecular formula is C30H32N2O6S. The second kappa shape index (κ2) is 13.2. The molecule has 1 N–H and O–H groups in total. The number of hydrogen-bond donors (Lipinski definition) is 1. The maximum absolute atomic E-state index is 12.1. The molecule has 0 saturated carbocycles. The molecule has 2 aromatic carbocycles. The number of esters is 1. The molecule has 0 aliphatic heterocycles. The molecule has 2 heterocycles. The molecule has 0 unspecified atom stereocenters. The minimum atomic E-state index is -0.612. The van der Waals surface area contributed by atoms with Gasteiger partial charge in [0.05, 0.1) is 6.61 Å². The van der Waals surface area contributed by atoms with E-state index in [0.717, 1.165) is 37.8 Å². The quantitative estimate of drug-likeness (QED) is 0.222. The van der Waals surface area contributed by atoms with E-state index >= 15 is 0 Å². The maximum Gasteiger partial charge on any atom is 0.335 e. The molecule has 1 atom stereocenters. The number of ether oxygens (including phenoxy) is 3. The normalized spacial score (nSPS) is 11.7. The van der Waals surface area contributed by atoms with Gasteiger partial charge in [-0.25, -0.2) is 4.79 Å². The van der Waals surface area contributed by atoms with Gasteiger partial charge in [-0.15, -0.1) is 11.3 Å². The van der Waals surface area contributed by atoms with Gasteiger partial charge in [0, 0.05) is 41.5 Å². The summed E-state index contributed by atoms with van der Waals surface area (Å²) in [6, 6.07) is 19.4. The second-order valence-corrected chi connectivity index (χ2v) is 9.92. The molecule has 0 bridgehead atoms. The Kier molecular flexibility index (Phi) is 9.51. The van der Waals surface area contributed by atoms with Crippen molar-refractivity contribution in [2.24, 2.45) is 0 Å². The fraction of sp³-hybridized carbons (Fsp3) is 0.300. The average Bonchev–Trinajstić information content (AvgIpc) is 3.59. The molecule has 8 nitrogen and oxygen atoms in total. The van der Waals surface area contributed by atoms with Gasteiger partial charge in [-0.3, -0.25) is 4.79 Å². The minimum absolute atomic E-state index is 0.246. The van der Waals surface area contributed by atoms with Crippen LogP contribution in [-0.2, 0) is 27.3 Å². The summed E-state index contributed by atoms with van der Waals surface area (Å²) in [7, 11) is 1.55. The van der Waals surface area contributed by atoms with Crippen LogP contribution in [0.15, 0.2) is 65.2 Å². The smallest absolute Gasteiger partial charge is 0.335 e. The summed E-state index contributed by atoms with van der Waals surface area (Å²) in [5.41, 5.74) is 4.31. The van der Waals surface area contributed by atoms with Gasteiger partial charge in [0.1, 0.15) is 12.4 Å². The van der Waals surface area contributed by atoms with Gasteiger partial charge in [0.25, 0.3) is 5.91 Å². The number of carbonyl (C=O) groups excluding carboxylic acids is 2. The first kappa shape index (κ1) is 28.1. The number of thiophene rings is 1. The number of carbonyl (C=O) groups is 2. The van der Waals surface area contributed by atoms with Crippen molar-refractivity contribution in [1.82, 2.24) is 10.5 Å². The molecular weight excluding hydrogens is 516 g/mol. The van der Waals surface area contributed by atoms with E-state index in [2.05, 4.69) is 23.5 Å². The van der Waals surface area contributed by atoms with Crippen LogP contribution in [0, 0.1) is 6.92 Å². The van der Waals surface area contributed by atoms with Crippen molar-refractivity contribution in [2.75, 3.05) is 20.3 Å². The molecule has 4 rings (SSSR count). The van der Waals surface area contributed by atoms with E-state index in [9.17, 15) is 9.59 Å². The van der Waals surface area contributed by atoms with Crippen LogP contribution >= 0.6 is 11.3 Å². The molecule has 39 heavy (non-hydrogen) atoms. The molecule has 0 aliphatic rings. The first-order valence-corrected chi connectivity index (χ1v) is 13.6. The van der Waals surface area contributed by atoms with Crippen molar-refractivity contribution < 1.29 is 28.3 Å². The van der Waals surface area contributed by atoms with Crippen molar-refractivity contribution in [1.29, 1.82) is 0 Å². The monoisotopic (exact) mass is 548 g/mol. The zero-order valence-electron chi connectivity index (χ0n) is 22.5. The van der Waals surface area contributed by atoms with Crippen molar-refractivity contribution in [3.63, 3.8) is 0 Å². The number of aromatic nitrogens is 1. The third-order valence-corrected chi connectivity index (χ3v) is 7.34. The molecule has 0 radical (unpaired) electrons. The minimum Gasteiger partial charge on any atom is -0.488 e. The van der Waals surface area contributed by atoms with Gasteiger partial charge in [0.2, 0.25) is 0 Å².